The first-order valence-electron chi connectivity index (χ1n) is 21.9. The van der Waals surface area contributed by atoms with Crippen LogP contribution in [0.25, 0.3) is 11.2 Å². The Balaban J connectivity index is 1.44. The first-order chi connectivity index (χ1) is 29.5. The summed E-state index contributed by atoms with van der Waals surface area (Å²) in [5.41, 5.74) is 0.586. The highest BCUT2D eigenvalue weighted by atomic mass is 28.5. The molecule has 0 spiro atoms. The maximum atomic E-state index is 15.2. The molecule has 63 heavy (non-hydrogen) atoms. The van der Waals surface area contributed by atoms with Crippen LogP contribution in [0.1, 0.15) is 92.7 Å². The Morgan fingerprint density at radius 3 is 2.03 bits per heavy atom. The number of fused-ring (bicyclic) bond motifs is 2. The number of rotatable bonds is 13. The summed E-state index contributed by atoms with van der Waals surface area (Å²) in [5, 5.41) is 15.3. The van der Waals surface area contributed by atoms with E-state index in [1.54, 1.807) is 28.8 Å². The fourth-order valence-corrected chi connectivity index (χ4v) is 21.3. The summed E-state index contributed by atoms with van der Waals surface area (Å²) < 4.78 is 54.9. The maximum absolute atomic E-state index is 15.2. The van der Waals surface area contributed by atoms with E-state index in [1.165, 1.54) is 26.9 Å². The summed E-state index contributed by atoms with van der Waals surface area (Å²) in [6.07, 6.45) is -8.80. The Morgan fingerprint density at radius 1 is 0.873 bits per heavy atom. The minimum atomic E-state index is -3.35. The standard InChI is InChI=1S/C43H67N5O12Si3/c1-23(2)62(24(3)4)58-33-30(50)31(55-37(42(52)54-13)35(33)59-63(60-62,25(5)6)26(7)8)29(49)32-34(57-61(14,15)43(9,10)11)36(53-12)41(56-32)48-22-46-28-38(44-21-45-39(28)48)47-40(51)27-19-17-16-18-20-27/h16-26,29,31-37,41,49H,1-15H3,(H,44,45,47,51)/t29-,31+,32-,33-,34+,35+,36-,37+,41-/m1/s1. The number of nitrogens with zero attached hydrogens (tertiary/aromatic N) is 4. The average molecular weight is 930 g/mol. The van der Waals surface area contributed by atoms with Crippen LogP contribution >= 0.6 is 0 Å². The molecule has 20 heteroatoms. The second-order valence-corrected chi connectivity index (χ2v) is 33.1. The molecular weight excluding hydrogens is 863 g/mol. The van der Waals surface area contributed by atoms with Gasteiger partial charge in [0.1, 0.15) is 49.1 Å². The van der Waals surface area contributed by atoms with Crippen LogP contribution in [0.5, 0.6) is 0 Å². The van der Waals surface area contributed by atoms with Crippen molar-refractivity contribution in [1.29, 1.82) is 0 Å². The van der Waals surface area contributed by atoms with E-state index in [2.05, 4.69) is 54.1 Å². The molecule has 1 aromatic carbocycles. The normalized spacial score (nSPS) is 28.1. The van der Waals surface area contributed by atoms with Crippen LogP contribution in [0.15, 0.2) is 43.0 Å². The van der Waals surface area contributed by atoms with Gasteiger partial charge in [0, 0.05) is 12.7 Å². The number of carbonyl (C=O) groups excluding carboxylic acids is 3. The molecular formula is C43H67N5O12Si3. The van der Waals surface area contributed by atoms with E-state index in [4.69, 9.17) is 36.3 Å². The molecule has 3 aliphatic rings. The van der Waals surface area contributed by atoms with E-state index < -0.39 is 92.3 Å². The van der Waals surface area contributed by atoms with Gasteiger partial charge in [0.2, 0.25) is 0 Å². The minimum Gasteiger partial charge on any atom is -0.467 e. The maximum Gasteiger partial charge on any atom is 0.337 e. The molecule has 0 radical (unpaired) electrons. The van der Waals surface area contributed by atoms with Gasteiger partial charge in [0.25, 0.3) is 5.91 Å². The third-order valence-corrected chi connectivity index (χ3v) is 28.1. The highest BCUT2D eigenvalue weighted by Crippen LogP contribution is 2.50. The highest BCUT2D eigenvalue weighted by molar-refractivity contribution is 6.84. The van der Waals surface area contributed by atoms with E-state index in [9.17, 15) is 14.7 Å². The molecule has 3 aliphatic heterocycles. The Hall–Kier alpha value is -3.29. The number of ether oxygens (including phenoxy) is 4. The molecule has 0 unspecified atom stereocenters. The van der Waals surface area contributed by atoms with Gasteiger partial charge in [-0.1, -0.05) is 94.4 Å². The van der Waals surface area contributed by atoms with Gasteiger partial charge in [0.05, 0.1) is 13.4 Å². The molecule has 5 heterocycles. The number of ketones is 1. The van der Waals surface area contributed by atoms with Crippen LogP contribution in [-0.2, 0) is 45.9 Å². The van der Waals surface area contributed by atoms with E-state index in [0.717, 1.165) is 0 Å². The second kappa shape index (κ2) is 18.5. The predicted molar refractivity (Wildman–Crippen MR) is 241 cm³/mol. The minimum absolute atomic E-state index is 0.0929. The van der Waals surface area contributed by atoms with Crippen LogP contribution in [0.3, 0.4) is 0 Å². The van der Waals surface area contributed by atoms with Gasteiger partial charge in [0.15, 0.2) is 43.4 Å². The summed E-state index contributed by atoms with van der Waals surface area (Å²) in [6.45, 7) is 26.7. The van der Waals surface area contributed by atoms with Crippen molar-refractivity contribution < 1.29 is 55.8 Å². The Morgan fingerprint density at radius 2 is 1.48 bits per heavy atom. The average Bonchev–Trinajstić information content (AvgIpc) is 3.75. The van der Waals surface area contributed by atoms with Crippen LogP contribution in [-0.4, -0.2) is 131 Å². The molecule has 2 N–H and O–H groups in total. The lowest BCUT2D eigenvalue weighted by molar-refractivity contribution is -0.212. The monoisotopic (exact) mass is 929 g/mol. The largest absolute Gasteiger partial charge is 0.467 e. The number of methoxy groups -OCH3 is 2. The topological polar surface area (TPSA) is 201 Å². The van der Waals surface area contributed by atoms with Gasteiger partial charge >= 0.3 is 23.1 Å². The van der Waals surface area contributed by atoms with Crippen molar-refractivity contribution in [2.75, 3.05) is 19.5 Å². The summed E-state index contributed by atoms with van der Waals surface area (Å²) in [4.78, 5) is 55.7. The predicted octanol–water partition coefficient (Wildman–Crippen LogP) is 6.58. The number of aliphatic hydroxyl groups is 1. The van der Waals surface area contributed by atoms with E-state index in [1.807, 2.05) is 61.5 Å². The SMILES string of the molecule is COC(=O)[C@H]1O[C@@H]([C@@H](O)[C@H]2O[C@@H](n3cnc4c(NC(=O)c5ccccc5)ncnc43)[C@H](OC)[C@H]2O[Si](C)(C)C(C)(C)C)C(=O)[C@H]2O[Si](C(C)C)(C(C)C)O[Si](C(C)C)(C(C)C)O[C@H]12. The van der Waals surface area contributed by atoms with Gasteiger partial charge in [-0.25, -0.2) is 19.7 Å². The first kappa shape index (κ1) is 49.2. The number of benzene rings is 1. The number of hydrogen-bond donors (Lipinski definition) is 2. The summed E-state index contributed by atoms with van der Waals surface area (Å²) in [6, 6.07) is 8.71. The molecule has 3 saturated heterocycles. The lowest BCUT2D eigenvalue weighted by atomic mass is 9.90. The lowest BCUT2D eigenvalue weighted by Gasteiger charge is -2.45. The zero-order valence-electron chi connectivity index (χ0n) is 39.3. The number of anilines is 1. The van der Waals surface area contributed by atoms with E-state index in [0.29, 0.717) is 11.2 Å². The summed E-state index contributed by atoms with van der Waals surface area (Å²) in [5.74, 6) is -1.61. The van der Waals surface area contributed by atoms with E-state index >= 15 is 4.79 Å². The van der Waals surface area contributed by atoms with Crippen LogP contribution in [0, 0.1) is 0 Å². The van der Waals surface area contributed by atoms with Crippen LogP contribution in [0.2, 0.25) is 40.3 Å². The van der Waals surface area contributed by atoms with Gasteiger partial charge in [-0.05, 0) is 52.4 Å². The Kier molecular flexibility index (Phi) is 14.5. The molecule has 9 atom stereocenters. The lowest BCUT2D eigenvalue weighted by Crippen LogP contribution is -2.66. The number of carbonyl (C=O) groups is 3. The number of imidazole rings is 1. The van der Waals surface area contributed by atoms with E-state index in [-0.39, 0.29) is 44.4 Å². The van der Waals surface area contributed by atoms with Crippen LogP contribution in [0.4, 0.5) is 5.82 Å². The number of amides is 1. The fraction of sp³-hybridized carbons (Fsp3) is 0.674. The molecule has 17 nitrogen and oxygen atoms in total. The van der Waals surface area contributed by atoms with Gasteiger partial charge < -0.3 is 46.8 Å². The van der Waals surface area contributed by atoms with Crippen molar-refractivity contribution in [3.8, 4) is 0 Å². The van der Waals surface area contributed by atoms with Crippen molar-refractivity contribution in [2.45, 2.75) is 172 Å². The smallest absolute Gasteiger partial charge is 0.337 e. The van der Waals surface area contributed by atoms with Crippen molar-refractivity contribution in [3.63, 3.8) is 0 Å². The highest BCUT2D eigenvalue weighted by Gasteiger charge is 2.67. The number of hydrogen-bond acceptors (Lipinski definition) is 15. The molecule has 0 saturated carbocycles. The molecule has 3 fully saturated rings. The van der Waals surface area contributed by atoms with Gasteiger partial charge in [-0.15, -0.1) is 0 Å². The van der Waals surface area contributed by atoms with Crippen molar-refractivity contribution >= 4 is 60.1 Å². The molecule has 0 aliphatic carbocycles. The number of aliphatic hydroxyl groups excluding tert-OH is 1. The molecule has 1 amide bonds. The zero-order chi connectivity index (χ0) is 46.6. The molecule has 6 rings (SSSR count). The van der Waals surface area contributed by atoms with Gasteiger partial charge in [-0.3, -0.25) is 14.2 Å². The summed E-state index contributed by atoms with van der Waals surface area (Å²) in [7, 11) is -6.58. The fourth-order valence-electron chi connectivity index (χ4n) is 8.78. The number of esters is 1. The molecule has 348 valence electrons. The third-order valence-electron chi connectivity index (χ3n) is 13.3. The molecule has 0 bridgehead atoms. The molecule has 2 aromatic heterocycles. The van der Waals surface area contributed by atoms with Gasteiger partial charge in [-0.2, -0.15) is 0 Å². The number of aromatic nitrogens is 4. The van der Waals surface area contributed by atoms with Crippen molar-refractivity contribution in [1.82, 2.24) is 19.5 Å². The van der Waals surface area contributed by atoms with Crippen LogP contribution < -0.4 is 5.32 Å². The Labute approximate surface area is 373 Å². The second-order valence-electron chi connectivity index (χ2n) is 19.6. The third kappa shape index (κ3) is 8.89. The van der Waals surface area contributed by atoms with Crippen molar-refractivity contribution in [3.05, 3.63) is 48.5 Å². The summed E-state index contributed by atoms with van der Waals surface area (Å²) >= 11 is 0. The molecule has 3 aromatic rings. The Bertz CT molecular complexity index is 2100. The van der Waals surface area contributed by atoms with Crippen molar-refractivity contribution in [2.24, 2.45) is 0 Å². The zero-order valence-corrected chi connectivity index (χ0v) is 42.3. The number of nitrogens with one attached hydrogen (secondary N) is 1. The first-order valence-corrected chi connectivity index (χ1v) is 28.7. The quantitative estimate of drug-likeness (QED) is 0.138. The number of Topliss-reactive ketones (excluding diaryl/α,β-unsaturated/α-hetero) is 1.